The molecule has 2 rings (SSSR count). The maximum atomic E-state index is 10.2. The molecule has 1 aromatic rings. The van der Waals surface area contributed by atoms with Gasteiger partial charge in [-0.2, -0.15) is 0 Å². The first-order chi connectivity index (χ1) is 9.08. The van der Waals surface area contributed by atoms with Gasteiger partial charge in [0.25, 0.3) is 0 Å². The quantitative estimate of drug-likeness (QED) is 0.817. The van der Waals surface area contributed by atoms with Crippen LogP contribution in [0.1, 0.15) is 30.5 Å². The summed E-state index contributed by atoms with van der Waals surface area (Å²) in [6, 6.07) is 6.21. The van der Waals surface area contributed by atoms with Gasteiger partial charge in [0.15, 0.2) is 0 Å². The number of benzene rings is 1. The Hall–Kier alpha value is -1.32. The van der Waals surface area contributed by atoms with E-state index < -0.39 is 0 Å². The van der Waals surface area contributed by atoms with Crippen molar-refractivity contribution in [3.05, 3.63) is 41.5 Å². The van der Waals surface area contributed by atoms with Crippen LogP contribution in [-0.4, -0.2) is 36.2 Å². The zero-order valence-electron chi connectivity index (χ0n) is 11.9. The van der Waals surface area contributed by atoms with Crippen molar-refractivity contribution in [1.82, 2.24) is 10.2 Å². The van der Waals surface area contributed by atoms with Gasteiger partial charge in [0.05, 0.1) is 0 Å². The van der Waals surface area contributed by atoms with Crippen molar-refractivity contribution in [2.24, 2.45) is 0 Å². The molecule has 1 atom stereocenters. The largest absolute Gasteiger partial charge is 0.508 e. The van der Waals surface area contributed by atoms with E-state index in [1.165, 1.54) is 0 Å². The molecule has 1 fully saturated rings. The Morgan fingerprint density at radius 2 is 2.11 bits per heavy atom. The summed E-state index contributed by atoms with van der Waals surface area (Å²) in [7, 11) is 0. The Kier molecular flexibility index (Phi) is 4.61. The number of rotatable bonds is 4. The molecule has 1 saturated heterocycles. The van der Waals surface area contributed by atoms with E-state index in [1.807, 2.05) is 13.0 Å². The second-order valence-corrected chi connectivity index (χ2v) is 5.53. The third kappa shape index (κ3) is 3.58. The molecule has 0 saturated carbocycles. The minimum absolute atomic E-state index is 0.236. The summed E-state index contributed by atoms with van der Waals surface area (Å²) in [6.07, 6.45) is 0.899. The molecule has 0 radical (unpaired) electrons. The Labute approximate surface area is 115 Å². The lowest BCUT2D eigenvalue weighted by molar-refractivity contribution is 0.170. The summed E-state index contributed by atoms with van der Waals surface area (Å²) in [6.45, 7) is 12.2. The molecule has 1 aliphatic rings. The molecule has 19 heavy (non-hydrogen) atoms. The fourth-order valence-corrected chi connectivity index (χ4v) is 2.70. The zero-order chi connectivity index (χ0) is 13.8. The summed E-state index contributed by atoms with van der Waals surface area (Å²) in [5, 5.41) is 13.6. The van der Waals surface area contributed by atoms with Crippen LogP contribution in [-0.2, 0) is 0 Å². The number of nitrogens with zero attached hydrogens (tertiary/aromatic N) is 1. The van der Waals surface area contributed by atoms with E-state index in [0.29, 0.717) is 5.75 Å². The van der Waals surface area contributed by atoms with Gasteiger partial charge >= 0.3 is 0 Å². The van der Waals surface area contributed by atoms with Crippen molar-refractivity contribution in [3.8, 4) is 5.75 Å². The lowest BCUT2D eigenvalue weighted by atomic mass is 9.96. The van der Waals surface area contributed by atoms with E-state index in [2.05, 4.69) is 35.9 Å². The van der Waals surface area contributed by atoms with Crippen molar-refractivity contribution in [1.29, 1.82) is 0 Å². The molecule has 104 valence electrons. The molecule has 0 aromatic heterocycles. The maximum Gasteiger partial charge on any atom is 0.120 e. The van der Waals surface area contributed by atoms with Crippen LogP contribution in [0.25, 0.3) is 0 Å². The van der Waals surface area contributed by atoms with Gasteiger partial charge in [0, 0.05) is 37.8 Å². The predicted molar refractivity (Wildman–Crippen MR) is 79.5 cm³/mol. The van der Waals surface area contributed by atoms with Crippen LogP contribution in [0.3, 0.4) is 0 Å². The molecule has 3 nitrogen and oxygen atoms in total. The van der Waals surface area contributed by atoms with Gasteiger partial charge in [-0.25, -0.2) is 0 Å². The van der Waals surface area contributed by atoms with Crippen LogP contribution < -0.4 is 5.32 Å². The number of aryl methyl sites for hydroxylation is 1. The van der Waals surface area contributed by atoms with E-state index in [9.17, 15) is 5.11 Å². The fourth-order valence-electron chi connectivity index (χ4n) is 2.70. The van der Waals surface area contributed by atoms with E-state index in [4.69, 9.17) is 0 Å². The number of phenols is 1. The average Bonchev–Trinajstić information content (AvgIpc) is 2.37. The second kappa shape index (κ2) is 6.22. The van der Waals surface area contributed by atoms with Crippen molar-refractivity contribution in [2.45, 2.75) is 26.3 Å². The Balaban J connectivity index is 2.27. The molecule has 0 spiro atoms. The summed E-state index contributed by atoms with van der Waals surface area (Å²) >= 11 is 0. The number of piperazine rings is 1. The Morgan fingerprint density at radius 3 is 2.68 bits per heavy atom. The molecule has 2 N–H and O–H groups in total. The highest BCUT2D eigenvalue weighted by Gasteiger charge is 2.24. The number of phenolic OH excluding ortho intramolecular Hbond substituents is 1. The van der Waals surface area contributed by atoms with Crippen molar-refractivity contribution >= 4 is 0 Å². The van der Waals surface area contributed by atoms with E-state index >= 15 is 0 Å². The predicted octanol–water partition coefficient (Wildman–Crippen LogP) is 2.61. The SMILES string of the molecule is C=C(C)C[C@@H](c1ccc(C)cc1O)N1CCNCC1. The van der Waals surface area contributed by atoms with E-state index in [-0.39, 0.29) is 6.04 Å². The topological polar surface area (TPSA) is 35.5 Å². The summed E-state index contributed by atoms with van der Waals surface area (Å²) in [5.41, 5.74) is 3.27. The van der Waals surface area contributed by atoms with Gasteiger partial charge in [-0.1, -0.05) is 17.7 Å². The number of aromatic hydroxyl groups is 1. The summed E-state index contributed by atoms with van der Waals surface area (Å²) in [5.74, 6) is 0.407. The third-order valence-corrected chi connectivity index (χ3v) is 3.68. The van der Waals surface area contributed by atoms with Crippen LogP contribution >= 0.6 is 0 Å². The van der Waals surface area contributed by atoms with Gasteiger partial charge in [0.1, 0.15) is 5.75 Å². The first kappa shape index (κ1) is 14.1. The minimum Gasteiger partial charge on any atom is -0.508 e. The van der Waals surface area contributed by atoms with E-state index in [1.54, 1.807) is 0 Å². The molecule has 1 aliphatic heterocycles. The van der Waals surface area contributed by atoms with Crippen LogP contribution in [0.15, 0.2) is 30.4 Å². The molecular formula is C16H24N2O. The average molecular weight is 260 g/mol. The van der Waals surface area contributed by atoms with Gasteiger partial charge in [0.2, 0.25) is 0 Å². The first-order valence-corrected chi connectivity index (χ1v) is 6.96. The van der Waals surface area contributed by atoms with Crippen molar-refractivity contribution < 1.29 is 5.11 Å². The maximum absolute atomic E-state index is 10.2. The standard InChI is InChI=1S/C16H24N2O/c1-12(2)10-15(18-8-6-17-7-9-18)14-5-4-13(3)11-16(14)19/h4-5,11,15,17,19H,1,6-10H2,2-3H3/t15-/m0/s1. The first-order valence-electron chi connectivity index (χ1n) is 6.96. The minimum atomic E-state index is 0.236. The third-order valence-electron chi connectivity index (χ3n) is 3.68. The molecule has 0 bridgehead atoms. The van der Waals surface area contributed by atoms with Gasteiger partial charge < -0.3 is 10.4 Å². The Morgan fingerprint density at radius 1 is 1.42 bits per heavy atom. The fraction of sp³-hybridized carbons (Fsp3) is 0.500. The number of nitrogens with one attached hydrogen (secondary N) is 1. The van der Waals surface area contributed by atoms with Gasteiger partial charge in [-0.3, -0.25) is 4.90 Å². The molecule has 3 heteroatoms. The lowest BCUT2D eigenvalue weighted by Crippen LogP contribution is -2.45. The normalized spacial score (nSPS) is 18.2. The lowest BCUT2D eigenvalue weighted by Gasteiger charge is -2.35. The Bertz CT molecular complexity index is 450. The molecule has 0 amide bonds. The highest BCUT2D eigenvalue weighted by molar-refractivity contribution is 5.38. The highest BCUT2D eigenvalue weighted by atomic mass is 16.3. The molecule has 1 aromatic carbocycles. The second-order valence-electron chi connectivity index (χ2n) is 5.53. The molecule has 0 aliphatic carbocycles. The smallest absolute Gasteiger partial charge is 0.120 e. The van der Waals surface area contributed by atoms with Crippen molar-refractivity contribution in [3.63, 3.8) is 0 Å². The number of hydrogen-bond donors (Lipinski definition) is 2. The van der Waals surface area contributed by atoms with Crippen LogP contribution in [0.2, 0.25) is 0 Å². The van der Waals surface area contributed by atoms with Crippen LogP contribution in [0.5, 0.6) is 5.75 Å². The summed E-state index contributed by atoms with van der Waals surface area (Å²) in [4.78, 5) is 2.44. The van der Waals surface area contributed by atoms with Crippen LogP contribution in [0.4, 0.5) is 0 Å². The van der Waals surface area contributed by atoms with E-state index in [0.717, 1.165) is 49.3 Å². The molecule has 0 unspecified atom stereocenters. The van der Waals surface area contributed by atoms with Crippen LogP contribution in [0, 0.1) is 6.92 Å². The highest BCUT2D eigenvalue weighted by Crippen LogP contribution is 2.33. The summed E-state index contributed by atoms with van der Waals surface area (Å²) < 4.78 is 0. The molecule has 1 heterocycles. The van der Waals surface area contributed by atoms with Gasteiger partial charge in [-0.15, -0.1) is 6.58 Å². The van der Waals surface area contributed by atoms with Gasteiger partial charge in [-0.05, 0) is 31.9 Å². The zero-order valence-corrected chi connectivity index (χ0v) is 11.9. The number of hydrogen-bond acceptors (Lipinski definition) is 3. The molecular weight excluding hydrogens is 236 g/mol. The monoisotopic (exact) mass is 260 g/mol. The van der Waals surface area contributed by atoms with Crippen molar-refractivity contribution in [2.75, 3.05) is 26.2 Å².